The van der Waals surface area contributed by atoms with Gasteiger partial charge in [0.1, 0.15) is 0 Å². The molecular weight excluding hydrogens is 230 g/mol. The predicted octanol–water partition coefficient (Wildman–Crippen LogP) is 6.40. The van der Waals surface area contributed by atoms with Crippen LogP contribution in [0.1, 0.15) is 90.9 Å². The zero-order valence-corrected chi connectivity index (χ0v) is 13.2. The van der Waals surface area contributed by atoms with E-state index in [0.29, 0.717) is 5.92 Å². The van der Waals surface area contributed by atoms with E-state index in [2.05, 4.69) is 32.1 Å². The standard InChI is InChI=1S/C18H33N/c1-3-5-6-7-8-9-10-11-12-13-14-16-18(17-19)15-4-2/h9-10,18H,3-8,11-16H2,1-2H3/b10-9+. The fourth-order valence-corrected chi connectivity index (χ4v) is 2.38. The molecule has 0 aromatic rings. The third-order valence-electron chi connectivity index (χ3n) is 3.63. The molecular formula is C18H33N. The molecule has 0 rings (SSSR count). The second-order valence-electron chi connectivity index (χ2n) is 5.57. The molecule has 19 heavy (non-hydrogen) atoms. The largest absolute Gasteiger partial charge is 0.198 e. The molecule has 0 fully saturated rings. The first-order chi connectivity index (χ1) is 9.35. The third-order valence-corrected chi connectivity index (χ3v) is 3.63. The lowest BCUT2D eigenvalue weighted by atomic mass is 9.98. The van der Waals surface area contributed by atoms with Crippen molar-refractivity contribution in [1.82, 2.24) is 0 Å². The lowest BCUT2D eigenvalue weighted by Crippen LogP contribution is -1.96. The van der Waals surface area contributed by atoms with Gasteiger partial charge in [-0.15, -0.1) is 0 Å². The first kappa shape index (κ1) is 18.2. The fourth-order valence-electron chi connectivity index (χ4n) is 2.38. The summed E-state index contributed by atoms with van der Waals surface area (Å²) >= 11 is 0. The van der Waals surface area contributed by atoms with Crippen molar-refractivity contribution in [2.75, 3.05) is 0 Å². The maximum atomic E-state index is 8.96. The summed E-state index contributed by atoms with van der Waals surface area (Å²) in [7, 11) is 0. The van der Waals surface area contributed by atoms with Gasteiger partial charge in [-0.3, -0.25) is 0 Å². The van der Waals surface area contributed by atoms with E-state index in [0.717, 1.165) is 19.3 Å². The summed E-state index contributed by atoms with van der Waals surface area (Å²) in [6.45, 7) is 4.42. The Morgan fingerprint density at radius 1 is 0.789 bits per heavy atom. The Kier molecular flexibility index (Phi) is 14.7. The molecule has 0 aromatic heterocycles. The summed E-state index contributed by atoms with van der Waals surface area (Å²) < 4.78 is 0. The van der Waals surface area contributed by atoms with E-state index < -0.39 is 0 Å². The molecule has 1 atom stereocenters. The molecule has 0 aromatic carbocycles. The Morgan fingerprint density at radius 2 is 1.42 bits per heavy atom. The monoisotopic (exact) mass is 263 g/mol. The van der Waals surface area contributed by atoms with Gasteiger partial charge in [0.05, 0.1) is 6.07 Å². The number of rotatable bonds is 13. The fraction of sp³-hybridized carbons (Fsp3) is 0.833. The predicted molar refractivity (Wildman–Crippen MR) is 85.0 cm³/mol. The van der Waals surface area contributed by atoms with Crippen molar-refractivity contribution >= 4 is 0 Å². The van der Waals surface area contributed by atoms with Gasteiger partial charge in [-0.2, -0.15) is 5.26 Å². The molecule has 0 heterocycles. The van der Waals surface area contributed by atoms with Gasteiger partial charge in [-0.05, 0) is 38.5 Å². The number of nitrogens with zero attached hydrogens (tertiary/aromatic N) is 1. The maximum Gasteiger partial charge on any atom is 0.0655 e. The highest BCUT2D eigenvalue weighted by atomic mass is 14.3. The zero-order valence-electron chi connectivity index (χ0n) is 13.2. The molecule has 0 spiro atoms. The van der Waals surface area contributed by atoms with Gasteiger partial charge >= 0.3 is 0 Å². The van der Waals surface area contributed by atoms with Gasteiger partial charge in [-0.25, -0.2) is 0 Å². The van der Waals surface area contributed by atoms with Gasteiger partial charge in [0.2, 0.25) is 0 Å². The van der Waals surface area contributed by atoms with Crippen LogP contribution in [-0.2, 0) is 0 Å². The Labute approximate surface area is 121 Å². The summed E-state index contributed by atoms with van der Waals surface area (Å²) in [5, 5.41) is 8.96. The molecule has 0 saturated heterocycles. The summed E-state index contributed by atoms with van der Waals surface area (Å²) in [5.41, 5.74) is 0. The van der Waals surface area contributed by atoms with Crippen LogP contribution in [0.25, 0.3) is 0 Å². The Hall–Kier alpha value is -0.770. The molecule has 0 aliphatic rings. The van der Waals surface area contributed by atoms with Crippen molar-refractivity contribution in [1.29, 1.82) is 5.26 Å². The van der Waals surface area contributed by atoms with Gasteiger partial charge < -0.3 is 0 Å². The molecule has 110 valence electrons. The van der Waals surface area contributed by atoms with Gasteiger partial charge in [0.25, 0.3) is 0 Å². The SMILES string of the molecule is CCCCCC/C=C/CCCCCC(C#N)CCC. The minimum Gasteiger partial charge on any atom is -0.198 e. The van der Waals surface area contributed by atoms with Crippen molar-refractivity contribution in [2.45, 2.75) is 90.9 Å². The minimum atomic E-state index is 0.305. The summed E-state index contributed by atoms with van der Waals surface area (Å²) in [6.07, 6.45) is 19.7. The van der Waals surface area contributed by atoms with Crippen LogP contribution in [0.15, 0.2) is 12.2 Å². The smallest absolute Gasteiger partial charge is 0.0655 e. The minimum absolute atomic E-state index is 0.305. The van der Waals surface area contributed by atoms with Crippen LogP contribution in [0.5, 0.6) is 0 Å². The number of nitriles is 1. The van der Waals surface area contributed by atoms with Crippen LogP contribution >= 0.6 is 0 Å². The van der Waals surface area contributed by atoms with Crippen LogP contribution in [0.4, 0.5) is 0 Å². The molecule has 0 N–H and O–H groups in total. The van der Waals surface area contributed by atoms with Gasteiger partial charge in [0, 0.05) is 5.92 Å². The van der Waals surface area contributed by atoms with Crippen LogP contribution in [0, 0.1) is 17.2 Å². The lowest BCUT2D eigenvalue weighted by molar-refractivity contribution is 0.507. The highest BCUT2D eigenvalue weighted by molar-refractivity contribution is 4.83. The first-order valence-corrected chi connectivity index (χ1v) is 8.39. The lowest BCUT2D eigenvalue weighted by Gasteiger charge is -2.06. The molecule has 1 unspecified atom stereocenters. The molecule has 1 heteroatoms. The Bertz CT molecular complexity index is 237. The van der Waals surface area contributed by atoms with E-state index >= 15 is 0 Å². The van der Waals surface area contributed by atoms with Gasteiger partial charge in [0.15, 0.2) is 0 Å². The number of hydrogen-bond acceptors (Lipinski definition) is 1. The quantitative estimate of drug-likeness (QED) is 0.278. The van der Waals surface area contributed by atoms with E-state index in [1.165, 1.54) is 57.8 Å². The molecule has 0 saturated carbocycles. The Morgan fingerprint density at radius 3 is 1.95 bits per heavy atom. The van der Waals surface area contributed by atoms with Crippen molar-refractivity contribution in [3.63, 3.8) is 0 Å². The average Bonchev–Trinajstić information content (AvgIpc) is 2.43. The van der Waals surface area contributed by atoms with E-state index in [9.17, 15) is 0 Å². The first-order valence-electron chi connectivity index (χ1n) is 8.39. The molecule has 0 bridgehead atoms. The number of hydrogen-bond donors (Lipinski definition) is 0. The summed E-state index contributed by atoms with van der Waals surface area (Å²) in [5.74, 6) is 0.305. The molecule has 0 aliphatic heterocycles. The van der Waals surface area contributed by atoms with Crippen LogP contribution in [0.3, 0.4) is 0 Å². The zero-order chi connectivity index (χ0) is 14.2. The van der Waals surface area contributed by atoms with E-state index in [-0.39, 0.29) is 0 Å². The number of allylic oxidation sites excluding steroid dienone is 2. The molecule has 0 amide bonds. The second-order valence-corrected chi connectivity index (χ2v) is 5.57. The van der Waals surface area contributed by atoms with E-state index in [1.807, 2.05) is 0 Å². The normalized spacial score (nSPS) is 12.7. The van der Waals surface area contributed by atoms with E-state index in [1.54, 1.807) is 0 Å². The van der Waals surface area contributed by atoms with Crippen LogP contribution in [0.2, 0.25) is 0 Å². The highest BCUT2D eigenvalue weighted by Crippen LogP contribution is 2.15. The van der Waals surface area contributed by atoms with Crippen LogP contribution in [-0.4, -0.2) is 0 Å². The molecule has 0 radical (unpaired) electrons. The second kappa shape index (κ2) is 15.3. The van der Waals surface area contributed by atoms with Crippen molar-refractivity contribution in [2.24, 2.45) is 5.92 Å². The van der Waals surface area contributed by atoms with Crippen molar-refractivity contribution in [3.05, 3.63) is 12.2 Å². The maximum absolute atomic E-state index is 8.96. The highest BCUT2D eigenvalue weighted by Gasteiger charge is 2.04. The number of unbranched alkanes of at least 4 members (excludes halogenated alkanes) is 7. The molecule has 1 nitrogen and oxygen atoms in total. The van der Waals surface area contributed by atoms with Crippen molar-refractivity contribution < 1.29 is 0 Å². The summed E-state index contributed by atoms with van der Waals surface area (Å²) in [4.78, 5) is 0. The third kappa shape index (κ3) is 13.5. The van der Waals surface area contributed by atoms with Crippen molar-refractivity contribution in [3.8, 4) is 6.07 Å². The Balaban J connectivity index is 3.26. The van der Waals surface area contributed by atoms with Crippen LogP contribution < -0.4 is 0 Å². The summed E-state index contributed by atoms with van der Waals surface area (Å²) in [6, 6.07) is 2.42. The van der Waals surface area contributed by atoms with Gasteiger partial charge in [-0.1, -0.05) is 64.5 Å². The van der Waals surface area contributed by atoms with E-state index in [4.69, 9.17) is 5.26 Å². The topological polar surface area (TPSA) is 23.8 Å². The molecule has 0 aliphatic carbocycles. The average molecular weight is 263 g/mol.